The highest BCUT2D eigenvalue weighted by atomic mass is 19.4. The molecule has 0 unspecified atom stereocenters. The number of alkyl halides is 3. The summed E-state index contributed by atoms with van der Waals surface area (Å²) in [6, 6.07) is 5.47. The summed E-state index contributed by atoms with van der Waals surface area (Å²) in [4.78, 5) is 16.3. The molecule has 1 amide bonds. The summed E-state index contributed by atoms with van der Waals surface area (Å²) in [6.45, 7) is 7.19. The van der Waals surface area contributed by atoms with Crippen LogP contribution in [0.25, 0.3) is 0 Å². The van der Waals surface area contributed by atoms with Crippen LogP contribution in [0.2, 0.25) is 0 Å². The van der Waals surface area contributed by atoms with E-state index in [-0.39, 0.29) is 11.9 Å². The number of amides is 1. The summed E-state index contributed by atoms with van der Waals surface area (Å²) in [5.74, 6) is 0.121. The van der Waals surface area contributed by atoms with Gasteiger partial charge in [-0.05, 0) is 37.1 Å². The smallest absolute Gasteiger partial charge is 0.371 e. The Hall–Kier alpha value is -1.72. The second kappa shape index (κ2) is 6.65. The Morgan fingerprint density at radius 2 is 1.58 bits per heavy atom. The number of piperidine rings is 1. The maximum atomic E-state index is 12.6. The third-order valence-electron chi connectivity index (χ3n) is 4.53. The van der Waals surface area contributed by atoms with Crippen LogP contribution in [0.4, 0.5) is 18.9 Å². The highest BCUT2D eigenvalue weighted by molar-refractivity contribution is 5.81. The number of hydrogen-bond donors (Lipinski definition) is 0. The fourth-order valence-corrected chi connectivity index (χ4v) is 3.07. The number of carbonyl (C=O) groups excluding carboxylic acids is 1. The molecule has 1 aromatic rings. The highest BCUT2D eigenvalue weighted by Gasteiger charge is 2.32. The van der Waals surface area contributed by atoms with Gasteiger partial charge in [-0.1, -0.05) is 20.8 Å². The Morgan fingerprint density at radius 1 is 1.08 bits per heavy atom. The van der Waals surface area contributed by atoms with E-state index in [0.29, 0.717) is 0 Å². The summed E-state index contributed by atoms with van der Waals surface area (Å²) in [6.07, 6.45) is -2.67. The maximum absolute atomic E-state index is 12.6. The van der Waals surface area contributed by atoms with Gasteiger partial charge < -0.3 is 9.80 Å². The summed E-state index contributed by atoms with van der Waals surface area (Å²) >= 11 is 0. The van der Waals surface area contributed by atoms with E-state index in [1.165, 1.54) is 12.1 Å². The molecule has 0 N–H and O–H groups in total. The van der Waals surface area contributed by atoms with Crippen LogP contribution < -0.4 is 4.90 Å². The largest absolute Gasteiger partial charge is 0.416 e. The Bertz CT molecular complexity index is 567. The molecule has 1 fully saturated rings. The highest BCUT2D eigenvalue weighted by Crippen LogP contribution is 2.31. The number of halogens is 3. The lowest BCUT2D eigenvalue weighted by Crippen LogP contribution is -2.48. The molecule has 0 radical (unpaired) electrons. The van der Waals surface area contributed by atoms with E-state index in [1.807, 2.05) is 32.7 Å². The predicted octanol–water partition coefficient (Wildman–Crippen LogP) is 4.18. The third-order valence-corrected chi connectivity index (χ3v) is 4.53. The van der Waals surface area contributed by atoms with Crippen molar-refractivity contribution in [1.29, 1.82) is 0 Å². The van der Waals surface area contributed by atoms with Gasteiger partial charge in [0.15, 0.2) is 0 Å². The number of nitrogens with zero attached hydrogens (tertiary/aromatic N) is 2. The average Bonchev–Trinajstić information content (AvgIpc) is 2.52. The minimum Gasteiger partial charge on any atom is -0.371 e. The number of benzene rings is 1. The summed E-state index contributed by atoms with van der Waals surface area (Å²) < 4.78 is 37.9. The van der Waals surface area contributed by atoms with Gasteiger partial charge in [-0.2, -0.15) is 13.2 Å². The van der Waals surface area contributed by atoms with Crippen molar-refractivity contribution in [1.82, 2.24) is 4.90 Å². The van der Waals surface area contributed by atoms with Crippen LogP contribution in [-0.2, 0) is 11.0 Å². The van der Waals surface area contributed by atoms with Crippen LogP contribution in [0.3, 0.4) is 0 Å². The van der Waals surface area contributed by atoms with E-state index < -0.39 is 17.2 Å². The Kier molecular flexibility index (Phi) is 5.16. The molecule has 0 spiro atoms. The standard InChI is InChI=1S/C18H25F3N2O/c1-17(2,3)16(24)22(4)14-9-11-23(12-10-14)15-7-5-13(6-8-15)18(19,20)21/h5-8,14H,9-12H2,1-4H3. The molecule has 1 heterocycles. The van der Waals surface area contributed by atoms with E-state index in [2.05, 4.69) is 4.90 Å². The zero-order chi connectivity index (χ0) is 18.1. The van der Waals surface area contributed by atoms with Gasteiger partial charge in [0.05, 0.1) is 5.56 Å². The van der Waals surface area contributed by atoms with Crippen LogP contribution in [0, 0.1) is 5.41 Å². The van der Waals surface area contributed by atoms with Crippen molar-refractivity contribution in [3.8, 4) is 0 Å². The molecule has 1 aliphatic heterocycles. The number of hydrogen-bond acceptors (Lipinski definition) is 2. The SMILES string of the molecule is CN(C(=O)C(C)(C)C)C1CCN(c2ccc(C(F)(F)F)cc2)CC1. The molecule has 1 aromatic carbocycles. The lowest BCUT2D eigenvalue weighted by atomic mass is 9.92. The van der Waals surface area contributed by atoms with Crippen molar-refractivity contribution >= 4 is 11.6 Å². The topological polar surface area (TPSA) is 23.6 Å². The second-order valence-electron chi connectivity index (χ2n) is 7.43. The van der Waals surface area contributed by atoms with Crippen LogP contribution in [-0.4, -0.2) is 37.0 Å². The molecule has 3 nitrogen and oxygen atoms in total. The van der Waals surface area contributed by atoms with Crippen molar-refractivity contribution in [2.45, 2.75) is 45.8 Å². The summed E-state index contributed by atoms with van der Waals surface area (Å²) in [5.41, 5.74) is -0.234. The van der Waals surface area contributed by atoms with E-state index >= 15 is 0 Å². The van der Waals surface area contributed by atoms with Gasteiger partial charge >= 0.3 is 6.18 Å². The summed E-state index contributed by atoms with van der Waals surface area (Å²) in [7, 11) is 1.84. The first kappa shape index (κ1) is 18.6. The quantitative estimate of drug-likeness (QED) is 0.805. The lowest BCUT2D eigenvalue weighted by molar-refractivity contribution is -0.140. The first-order valence-corrected chi connectivity index (χ1v) is 8.19. The molecular weight excluding hydrogens is 317 g/mol. The van der Waals surface area contributed by atoms with Gasteiger partial charge in [0.25, 0.3) is 0 Å². The molecule has 6 heteroatoms. The Balaban J connectivity index is 1.96. The number of carbonyl (C=O) groups is 1. The molecule has 2 rings (SSSR count). The average molecular weight is 342 g/mol. The molecule has 0 saturated carbocycles. The molecule has 0 bridgehead atoms. The zero-order valence-corrected chi connectivity index (χ0v) is 14.7. The van der Waals surface area contributed by atoms with Crippen molar-refractivity contribution in [3.05, 3.63) is 29.8 Å². The van der Waals surface area contributed by atoms with Gasteiger partial charge in [0, 0.05) is 37.3 Å². The molecular formula is C18H25F3N2O. The molecule has 1 saturated heterocycles. The van der Waals surface area contributed by atoms with E-state index in [0.717, 1.165) is 43.8 Å². The van der Waals surface area contributed by atoms with Crippen molar-refractivity contribution in [2.75, 3.05) is 25.0 Å². The van der Waals surface area contributed by atoms with Gasteiger partial charge in [0.1, 0.15) is 0 Å². The van der Waals surface area contributed by atoms with Crippen LogP contribution in [0.1, 0.15) is 39.2 Å². The molecule has 0 atom stereocenters. The molecule has 0 aliphatic carbocycles. The first-order valence-electron chi connectivity index (χ1n) is 8.19. The predicted molar refractivity (Wildman–Crippen MR) is 88.9 cm³/mol. The number of anilines is 1. The van der Waals surface area contributed by atoms with Gasteiger partial charge in [0.2, 0.25) is 5.91 Å². The van der Waals surface area contributed by atoms with Crippen molar-refractivity contribution < 1.29 is 18.0 Å². The van der Waals surface area contributed by atoms with Crippen molar-refractivity contribution in [2.24, 2.45) is 5.41 Å². The minimum absolute atomic E-state index is 0.121. The van der Waals surface area contributed by atoms with E-state index in [4.69, 9.17) is 0 Å². The fraction of sp³-hybridized carbons (Fsp3) is 0.611. The number of rotatable bonds is 2. The van der Waals surface area contributed by atoms with Crippen LogP contribution >= 0.6 is 0 Å². The van der Waals surface area contributed by atoms with Crippen molar-refractivity contribution in [3.63, 3.8) is 0 Å². The third kappa shape index (κ3) is 4.22. The summed E-state index contributed by atoms with van der Waals surface area (Å²) in [5, 5.41) is 0. The lowest BCUT2D eigenvalue weighted by Gasteiger charge is -2.39. The van der Waals surface area contributed by atoms with E-state index in [1.54, 1.807) is 0 Å². The minimum atomic E-state index is -4.30. The molecule has 0 aromatic heterocycles. The first-order chi connectivity index (χ1) is 11.0. The van der Waals surface area contributed by atoms with Gasteiger partial charge in [-0.15, -0.1) is 0 Å². The maximum Gasteiger partial charge on any atom is 0.416 e. The Morgan fingerprint density at radius 3 is 2.00 bits per heavy atom. The molecule has 24 heavy (non-hydrogen) atoms. The molecule has 134 valence electrons. The second-order valence-corrected chi connectivity index (χ2v) is 7.43. The Labute approximate surface area is 141 Å². The van der Waals surface area contributed by atoms with Crippen LogP contribution in [0.15, 0.2) is 24.3 Å². The normalized spacial score (nSPS) is 17.0. The molecule has 1 aliphatic rings. The zero-order valence-electron chi connectivity index (χ0n) is 14.7. The van der Waals surface area contributed by atoms with Gasteiger partial charge in [-0.25, -0.2) is 0 Å². The fourth-order valence-electron chi connectivity index (χ4n) is 3.07. The monoisotopic (exact) mass is 342 g/mol. The van der Waals surface area contributed by atoms with Crippen LogP contribution in [0.5, 0.6) is 0 Å². The van der Waals surface area contributed by atoms with Gasteiger partial charge in [-0.3, -0.25) is 4.79 Å². The van der Waals surface area contributed by atoms with E-state index in [9.17, 15) is 18.0 Å².